The zero-order valence-electron chi connectivity index (χ0n) is 13.4. The molecular formula is C19H25F3. The minimum atomic E-state index is -4.26. The van der Waals surface area contributed by atoms with Crippen molar-refractivity contribution < 1.29 is 13.2 Å². The van der Waals surface area contributed by atoms with Crippen molar-refractivity contribution in [2.45, 2.75) is 58.5 Å². The van der Waals surface area contributed by atoms with Gasteiger partial charge in [0.15, 0.2) is 0 Å². The average molecular weight is 310 g/mol. The van der Waals surface area contributed by atoms with Crippen LogP contribution in [0.15, 0.2) is 30.3 Å². The van der Waals surface area contributed by atoms with Gasteiger partial charge in [-0.25, -0.2) is 0 Å². The van der Waals surface area contributed by atoms with Gasteiger partial charge >= 0.3 is 6.18 Å². The van der Waals surface area contributed by atoms with Crippen molar-refractivity contribution in [3.8, 4) is 0 Å². The van der Waals surface area contributed by atoms with E-state index in [2.05, 4.69) is 13.0 Å². The first-order valence-corrected chi connectivity index (χ1v) is 8.26. The van der Waals surface area contributed by atoms with E-state index < -0.39 is 11.7 Å². The highest BCUT2D eigenvalue weighted by Crippen LogP contribution is 2.34. The average Bonchev–Trinajstić information content (AvgIpc) is 2.49. The third-order valence-electron chi connectivity index (χ3n) is 4.74. The lowest BCUT2D eigenvalue weighted by molar-refractivity contribution is -0.137. The Balaban J connectivity index is 1.98. The quantitative estimate of drug-likeness (QED) is 0.579. The number of rotatable bonds is 4. The summed E-state index contributed by atoms with van der Waals surface area (Å²) in [6.45, 7) is 4.24. The van der Waals surface area contributed by atoms with Crippen LogP contribution in [0.2, 0.25) is 0 Å². The largest absolute Gasteiger partial charge is 0.416 e. The van der Waals surface area contributed by atoms with E-state index in [1.54, 1.807) is 12.1 Å². The van der Waals surface area contributed by atoms with Crippen molar-refractivity contribution in [1.29, 1.82) is 0 Å². The van der Waals surface area contributed by atoms with Crippen LogP contribution < -0.4 is 0 Å². The zero-order valence-corrected chi connectivity index (χ0v) is 13.4. The molecule has 0 radical (unpaired) electrons. The van der Waals surface area contributed by atoms with Gasteiger partial charge in [-0.1, -0.05) is 38.0 Å². The third-order valence-corrected chi connectivity index (χ3v) is 4.74. The summed E-state index contributed by atoms with van der Waals surface area (Å²) >= 11 is 0. The van der Waals surface area contributed by atoms with Crippen LogP contribution in [0.5, 0.6) is 0 Å². The van der Waals surface area contributed by atoms with E-state index in [0.29, 0.717) is 5.92 Å². The predicted octanol–water partition coefficient (Wildman–Crippen LogP) is 6.72. The van der Waals surface area contributed by atoms with E-state index in [0.717, 1.165) is 17.1 Å². The van der Waals surface area contributed by atoms with Gasteiger partial charge in [-0.2, -0.15) is 13.2 Å². The number of halogens is 3. The highest BCUT2D eigenvalue weighted by Gasteiger charge is 2.30. The Morgan fingerprint density at radius 1 is 1.09 bits per heavy atom. The standard InChI is InChI=1S/C19H25F3/c1-3-4-15-5-7-16(8-6-15)13-14(2)17-9-11-18(12-10-17)19(20,21)22/h9-13,15-16H,3-8H2,1-2H3/b14-13+. The summed E-state index contributed by atoms with van der Waals surface area (Å²) in [6.07, 6.45) is 5.58. The molecule has 3 heteroatoms. The SMILES string of the molecule is CCCC1CCC(/C=C(\C)c2ccc(C(F)(F)F)cc2)CC1. The fourth-order valence-electron chi connectivity index (χ4n) is 3.42. The molecule has 1 aromatic carbocycles. The van der Waals surface area contributed by atoms with Gasteiger partial charge in [-0.15, -0.1) is 0 Å². The number of benzene rings is 1. The molecule has 1 aromatic rings. The summed E-state index contributed by atoms with van der Waals surface area (Å²) in [5.41, 5.74) is 1.40. The molecule has 0 aromatic heterocycles. The van der Waals surface area contributed by atoms with Crippen molar-refractivity contribution in [2.75, 3.05) is 0 Å². The van der Waals surface area contributed by atoms with E-state index in [1.165, 1.54) is 50.7 Å². The molecule has 0 amide bonds. The van der Waals surface area contributed by atoms with Crippen molar-refractivity contribution >= 4 is 5.57 Å². The molecule has 1 fully saturated rings. The minimum absolute atomic E-state index is 0.579. The highest BCUT2D eigenvalue weighted by molar-refractivity contribution is 5.64. The van der Waals surface area contributed by atoms with Crippen molar-refractivity contribution in [3.63, 3.8) is 0 Å². The molecule has 0 saturated heterocycles. The molecule has 0 nitrogen and oxygen atoms in total. The Morgan fingerprint density at radius 3 is 2.18 bits per heavy atom. The molecule has 0 N–H and O–H groups in total. The number of hydrogen-bond acceptors (Lipinski definition) is 0. The van der Waals surface area contributed by atoms with Gasteiger partial charge in [0.1, 0.15) is 0 Å². The van der Waals surface area contributed by atoms with Gasteiger partial charge in [0.25, 0.3) is 0 Å². The lowest BCUT2D eigenvalue weighted by Gasteiger charge is -2.27. The summed E-state index contributed by atoms with van der Waals surface area (Å²) in [7, 11) is 0. The van der Waals surface area contributed by atoms with E-state index in [-0.39, 0.29) is 0 Å². The summed E-state index contributed by atoms with van der Waals surface area (Å²) < 4.78 is 37.7. The monoisotopic (exact) mass is 310 g/mol. The van der Waals surface area contributed by atoms with Gasteiger partial charge < -0.3 is 0 Å². The fraction of sp³-hybridized carbons (Fsp3) is 0.579. The molecule has 22 heavy (non-hydrogen) atoms. The van der Waals surface area contributed by atoms with Crippen molar-refractivity contribution in [2.24, 2.45) is 11.8 Å². The topological polar surface area (TPSA) is 0 Å². The van der Waals surface area contributed by atoms with E-state index >= 15 is 0 Å². The first-order valence-electron chi connectivity index (χ1n) is 8.26. The maximum absolute atomic E-state index is 12.6. The van der Waals surface area contributed by atoms with Crippen LogP contribution in [0.1, 0.15) is 63.5 Å². The normalized spacial score (nSPS) is 23.6. The van der Waals surface area contributed by atoms with E-state index in [4.69, 9.17) is 0 Å². The van der Waals surface area contributed by atoms with Crippen LogP contribution >= 0.6 is 0 Å². The van der Waals surface area contributed by atoms with Crippen LogP contribution in [0, 0.1) is 11.8 Å². The molecule has 0 unspecified atom stereocenters. The third kappa shape index (κ3) is 4.62. The Kier molecular flexibility index (Phi) is 5.71. The van der Waals surface area contributed by atoms with Crippen LogP contribution in [-0.2, 0) is 6.18 Å². The molecule has 0 bridgehead atoms. The predicted molar refractivity (Wildman–Crippen MR) is 85.5 cm³/mol. The number of allylic oxidation sites excluding steroid dienone is 2. The van der Waals surface area contributed by atoms with Crippen LogP contribution in [-0.4, -0.2) is 0 Å². The lowest BCUT2D eigenvalue weighted by atomic mass is 9.79. The summed E-state index contributed by atoms with van der Waals surface area (Å²) in [5, 5.41) is 0. The Hall–Kier alpha value is -1.25. The molecule has 1 saturated carbocycles. The number of hydrogen-bond donors (Lipinski definition) is 0. The van der Waals surface area contributed by atoms with Crippen LogP contribution in [0.3, 0.4) is 0 Å². The van der Waals surface area contributed by atoms with Crippen LogP contribution in [0.4, 0.5) is 13.2 Å². The first kappa shape index (κ1) is 17.1. The second-order valence-electron chi connectivity index (χ2n) is 6.49. The summed E-state index contributed by atoms with van der Waals surface area (Å²) in [6, 6.07) is 5.50. The minimum Gasteiger partial charge on any atom is -0.166 e. The molecule has 1 aliphatic carbocycles. The summed E-state index contributed by atoms with van der Waals surface area (Å²) in [4.78, 5) is 0. The molecule has 0 aliphatic heterocycles. The molecule has 0 heterocycles. The summed E-state index contributed by atoms with van der Waals surface area (Å²) in [5.74, 6) is 1.46. The second kappa shape index (κ2) is 7.34. The zero-order chi connectivity index (χ0) is 16.2. The van der Waals surface area contributed by atoms with Gasteiger partial charge in [-0.3, -0.25) is 0 Å². The highest BCUT2D eigenvalue weighted by atomic mass is 19.4. The maximum Gasteiger partial charge on any atom is 0.416 e. The van der Waals surface area contributed by atoms with Gasteiger partial charge in [0.05, 0.1) is 5.56 Å². The molecule has 2 rings (SSSR count). The van der Waals surface area contributed by atoms with Gasteiger partial charge in [0, 0.05) is 0 Å². The first-order chi connectivity index (χ1) is 10.4. The number of alkyl halides is 3. The second-order valence-corrected chi connectivity index (χ2v) is 6.49. The molecule has 1 aliphatic rings. The Bertz CT molecular complexity index is 488. The van der Waals surface area contributed by atoms with Gasteiger partial charge in [-0.05, 0) is 67.7 Å². The lowest BCUT2D eigenvalue weighted by Crippen LogP contribution is -2.13. The smallest absolute Gasteiger partial charge is 0.166 e. The molecule has 122 valence electrons. The molecule has 0 spiro atoms. The van der Waals surface area contributed by atoms with Crippen molar-refractivity contribution in [1.82, 2.24) is 0 Å². The van der Waals surface area contributed by atoms with Crippen LogP contribution in [0.25, 0.3) is 5.57 Å². The Labute approximate surface area is 131 Å². The molecular weight excluding hydrogens is 285 g/mol. The van der Waals surface area contributed by atoms with Gasteiger partial charge in [0.2, 0.25) is 0 Å². The Morgan fingerprint density at radius 2 is 1.68 bits per heavy atom. The molecule has 0 atom stereocenters. The van der Waals surface area contributed by atoms with Crippen molar-refractivity contribution in [3.05, 3.63) is 41.5 Å². The van der Waals surface area contributed by atoms with E-state index in [1.807, 2.05) is 6.92 Å². The van der Waals surface area contributed by atoms with E-state index in [9.17, 15) is 13.2 Å². The fourth-order valence-corrected chi connectivity index (χ4v) is 3.42. The maximum atomic E-state index is 12.6.